The van der Waals surface area contributed by atoms with Crippen LogP contribution < -0.4 is 0 Å². The van der Waals surface area contributed by atoms with E-state index < -0.39 is 28.6 Å². The fourth-order valence-corrected chi connectivity index (χ4v) is 6.10. The number of nitrogens with zero attached hydrogens (tertiary/aromatic N) is 2. The molecule has 0 saturated carbocycles. The molecule has 7 nitrogen and oxygen atoms in total. The van der Waals surface area contributed by atoms with Crippen LogP contribution in [0.3, 0.4) is 0 Å². The van der Waals surface area contributed by atoms with Crippen LogP contribution >= 0.6 is 31.9 Å². The summed E-state index contributed by atoms with van der Waals surface area (Å²) < 4.78 is 46.7. The summed E-state index contributed by atoms with van der Waals surface area (Å²) in [6, 6.07) is 8.55. The van der Waals surface area contributed by atoms with Gasteiger partial charge >= 0.3 is 0 Å². The molecule has 0 N–H and O–H groups in total. The van der Waals surface area contributed by atoms with Gasteiger partial charge in [-0.3, -0.25) is 8.75 Å². The lowest BCUT2D eigenvalue weighted by Crippen LogP contribution is -2.38. The highest BCUT2D eigenvalue weighted by molar-refractivity contribution is 9.11. The number of ether oxygens (including phenoxy) is 2. The molecular formula is C20H18Br2N2O5S. The van der Waals surface area contributed by atoms with E-state index in [1.54, 1.807) is 24.3 Å². The molecule has 1 aromatic heterocycles. The van der Waals surface area contributed by atoms with E-state index in [0.29, 0.717) is 0 Å². The van der Waals surface area contributed by atoms with Gasteiger partial charge in [-0.2, -0.15) is 8.42 Å². The summed E-state index contributed by atoms with van der Waals surface area (Å²) in [5.41, 5.74) is 3.72. The minimum atomic E-state index is -3.94. The van der Waals surface area contributed by atoms with Gasteiger partial charge in [-0.15, -0.1) is 0 Å². The van der Waals surface area contributed by atoms with Crippen molar-refractivity contribution >= 4 is 53.0 Å². The quantitative estimate of drug-likeness (QED) is 0.445. The molecule has 0 aliphatic carbocycles. The molecule has 2 aromatic carbocycles. The second kappa shape index (κ2) is 7.39. The van der Waals surface area contributed by atoms with Crippen molar-refractivity contribution in [1.29, 1.82) is 0 Å². The van der Waals surface area contributed by atoms with Crippen molar-refractivity contribution in [3.05, 3.63) is 56.2 Å². The average Bonchev–Trinajstić information content (AvgIpc) is 3.27. The number of rotatable bonds is 3. The number of aryl methyl sites for hydroxylation is 1. The van der Waals surface area contributed by atoms with Crippen molar-refractivity contribution in [2.45, 2.75) is 43.8 Å². The Kier molecular flexibility index (Phi) is 5.07. The van der Waals surface area contributed by atoms with Gasteiger partial charge in [0.15, 0.2) is 6.23 Å². The summed E-state index contributed by atoms with van der Waals surface area (Å²) in [6.07, 6.45) is -1.82. The number of benzene rings is 2. The first-order valence-corrected chi connectivity index (χ1v) is 12.3. The summed E-state index contributed by atoms with van der Waals surface area (Å²) in [5.74, 6) is 0.728. The fraction of sp³-hybridized carbons (Fsp3) is 0.350. The third kappa shape index (κ3) is 3.25. The van der Waals surface area contributed by atoms with Crippen molar-refractivity contribution in [2.75, 3.05) is 6.61 Å². The molecule has 0 amide bonds. The molecule has 3 aromatic rings. The van der Waals surface area contributed by atoms with E-state index in [0.717, 1.165) is 36.9 Å². The van der Waals surface area contributed by atoms with Crippen molar-refractivity contribution in [3.8, 4) is 0 Å². The Balaban J connectivity index is 1.48. The molecule has 1 saturated heterocycles. The maximum absolute atomic E-state index is 12.7. The van der Waals surface area contributed by atoms with Gasteiger partial charge in [0.05, 0.1) is 17.0 Å². The Morgan fingerprint density at radius 2 is 1.90 bits per heavy atom. The third-order valence-corrected chi connectivity index (χ3v) is 8.62. The SMILES string of the molecule is Cc1ccc(S(=O)(=O)O[C@@H]2CO[C@H]3[C@@H]2OCc2nc4c(Br)c(C)c(Br)cc4n23)cc1. The molecule has 3 atom stereocenters. The van der Waals surface area contributed by atoms with E-state index in [-0.39, 0.29) is 18.1 Å². The van der Waals surface area contributed by atoms with Gasteiger partial charge in [0.1, 0.15) is 30.2 Å². The number of fused-ring (bicyclic) bond motifs is 5. The summed E-state index contributed by atoms with van der Waals surface area (Å²) in [7, 11) is -3.94. The molecule has 1 fully saturated rings. The molecule has 30 heavy (non-hydrogen) atoms. The lowest BCUT2D eigenvalue weighted by atomic mass is 10.2. The first-order valence-electron chi connectivity index (χ1n) is 9.35. The smallest absolute Gasteiger partial charge is 0.297 e. The maximum atomic E-state index is 12.7. The number of imidazole rings is 1. The number of halogens is 2. The maximum Gasteiger partial charge on any atom is 0.297 e. The molecule has 2 aliphatic heterocycles. The lowest BCUT2D eigenvalue weighted by molar-refractivity contribution is -0.0933. The third-order valence-electron chi connectivity index (χ3n) is 5.48. The van der Waals surface area contributed by atoms with E-state index in [9.17, 15) is 8.42 Å². The summed E-state index contributed by atoms with van der Waals surface area (Å²) >= 11 is 7.21. The van der Waals surface area contributed by atoms with Crippen LogP contribution in [-0.2, 0) is 30.4 Å². The van der Waals surface area contributed by atoms with Gasteiger partial charge in [0.2, 0.25) is 0 Å². The minimum Gasteiger partial charge on any atom is -0.363 e. The van der Waals surface area contributed by atoms with Crippen LogP contribution in [-0.4, -0.2) is 36.8 Å². The Labute approximate surface area is 190 Å². The largest absolute Gasteiger partial charge is 0.363 e. The normalized spacial score (nSPS) is 23.5. The van der Waals surface area contributed by atoms with Crippen LogP contribution in [0, 0.1) is 13.8 Å². The number of aromatic nitrogens is 2. The van der Waals surface area contributed by atoms with E-state index >= 15 is 0 Å². The van der Waals surface area contributed by atoms with E-state index in [2.05, 4.69) is 31.9 Å². The van der Waals surface area contributed by atoms with Gasteiger partial charge in [0.25, 0.3) is 10.1 Å². The first-order chi connectivity index (χ1) is 14.3. The highest BCUT2D eigenvalue weighted by Crippen LogP contribution is 2.41. The molecule has 0 bridgehead atoms. The zero-order chi connectivity index (χ0) is 21.2. The highest BCUT2D eigenvalue weighted by atomic mass is 79.9. The van der Waals surface area contributed by atoms with Crippen LogP contribution in [0.4, 0.5) is 0 Å². The van der Waals surface area contributed by atoms with Crippen molar-refractivity contribution in [3.63, 3.8) is 0 Å². The van der Waals surface area contributed by atoms with Crippen LogP contribution in [0.1, 0.15) is 23.2 Å². The molecule has 0 radical (unpaired) electrons. The topological polar surface area (TPSA) is 79.7 Å². The summed E-state index contributed by atoms with van der Waals surface area (Å²) in [4.78, 5) is 4.82. The van der Waals surface area contributed by atoms with E-state index in [4.69, 9.17) is 18.6 Å². The number of hydrogen-bond donors (Lipinski definition) is 0. The predicted octanol–water partition coefficient (Wildman–Crippen LogP) is 4.38. The molecule has 10 heteroatoms. The molecule has 5 rings (SSSR count). The monoisotopic (exact) mass is 556 g/mol. The van der Waals surface area contributed by atoms with Gasteiger partial charge in [-0.1, -0.05) is 33.6 Å². The molecule has 0 spiro atoms. The van der Waals surface area contributed by atoms with Crippen molar-refractivity contribution in [2.24, 2.45) is 0 Å². The van der Waals surface area contributed by atoms with Gasteiger partial charge in [-0.25, -0.2) is 4.98 Å². The van der Waals surface area contributed by atoms with Crippen LogP contribution in [0.2, 0.25) is 0 Å². The fourth-order valence-electron chi connectivity index (χ4n) is 3.84. The standard InChI is InChI=1S/C20H18Br2N2O5S/c1-10-3-5-12(6-4-10)30(25,26)29-15-8-28-20-19(15)27-9-16-23-18-14(24(16)20)7-13(21)11(2)17(18)22/h3-7,15,19-20H,8-9H2,1-2H3/t15-,19-,20+/m1/s1. The Bertz CT molecular complexity index is 1260. The van der Waals surface area contributed by atoms with Crippen LogP contribution in [0.15, 0.2) is 44.2 Å². The Hall–Kier alpha value is -1.30. The van der Waals surface area contributed by atoms with Crippen LogP contribution in [0.5, 0.6) is 0 Å². The second-order valence-electron chi connectivity index (χ2n) is 7.46. The lowest BCUT2D eigenvalue weighted by Gasteiger charge is -2.29. The van der Waals surface area contributed by atoms with E-state index in [1.807, 2.05) is 24.5 Å². The van der Waals surface area contributed by atoms with E-state index in [1.165, 1.54) is 0 Å². The second-order valence-corrected chi connectivity index (χ2v) is 10.7. The average molecular weight is 558 g/mol. The van der Waals surface area contributed by atoms with Gasteiger partial charge in [0, 0.05) is 8.95 Å². The zero-order valence-corrected chi connectivity index (χ0v) is 20.1. The van der Waals surface area contributed by atoms with Crippen molar-refractivity contribution < 1.29 is 22.1 Å². The summed E-state index contributed by atoms with van der Waals surface area (Å²) in [5, 5.41) is 0. The van der Waals surface area contributed by atoms with Gasteiger partial charge < -0.3 is 9.47 Å². The Morgan fingerprint density at radius 3 is 2.63 bits per heavy atom. The summed E-state index contributed by atoms with van der Waals surface area (Å²) in [6.45, 7) is 4.24. The molecular weight excluding hydrogens is 540 g/mol. The molecule has 0 unspecified atom stereocenters. The van der Waals surface area contributed by atoms with Gasteiger partial charge in [-0.05, 0) is 53.5 Å². The van der Waals surface area contributed by atoms with Crippen molar-refractivity contribution in [1.82, 2.24) is 9.55 Å². The number of hydrogen-bond acceptors (Lipinski definition) is 6. The van der Waals surface area contributed by atoms with Crippen LogP contribution in [0.25, 0.3) is 11.0 Å². The first kappa shape index (κ1) is 20.6. The molecule has 3 heterocycles. The predicted molar refractivity (Wildman–Crippen MR) is 117 cm³/mol. The zero-order valence-electron chi connectivity index (χ0n) is 16.1. The molecule has 2 aliphatic rings. The molecule has 158 valence electrons. The highest BCUT2D eigenvalue weighted by Gasteiger charge is 2.46. The minimum absolute atomic E-state index is 0.105. The Morgan fingerprint density at radius 1 is 1.17 bits per heavy atom.